The molecule has 15 heteroatoms. The molecule has 4 heterocycles. The van der Waals surface area contributed by atoms with Crippen LogP contribution in [0.25, 0.3) is 0 Å². The number of nitrogens with one attached hydrogen (secondary N) is 3. The Hall–Kier alpha value is -3.78. The maximum Gasteiger partial charge on any atom is 0.255 e. The van der Waals surface area contributed by atoms with Gasteiger partial charge in [-0.05, 0) is 36.1 Å². The number of carbonyl (C=O) groups excluding carboxylic acids is 2. The van der Waals surface area contributed by atoms with Crippen LogP contribution in [0.4, 0.5) is 0 Å². The summed E-state index contributed by atoms with van der Waals surface area (Å²) in [5.74, 6) is -3.34. The number of rotatable bonds is 5. The lowest BCUT2D eigenvalue weighted by molar-refractivity contribution is -0.230. The number of carbonyl (C=O) groups is 2. The van der Waals surface area contributed by atoms with Crippen molar-refractivity contribution in [3.05, 3.63) is 63.1 Å². The second-order valence-electron chi connectivity index (χ2n) is 11.8. The topological polar surface area (TPSA) is 200 Å². The number of ether oxygens (including phenoxy) is 1. The molecule has 9 N–H and O–H groups in total. The lowest BCUT2D eigenvalue weighted by Gasteiger charge is -2.49. The number of hydrogen-bond donors (Lipinski definition) is 7. The monoisotopic (exact) mass is 630 g/mol. The van der Waals surface area contributed by atoms with Crippen LogP contribution < -0.4 is 32.2 Å². The van der Waals surface area contributed by atoms with Gasteiger partial charge in [-0.3, -0.25) is 9.59 Å². The van der Waals surface area contributed by atoms with E-state index >= 15 is 0 Å². The van der Waals surface area contributed by atoms with Gasteiger partial charge in [0.1, 0.15) is 17.8 Å². The minimum atomic E-state index is -2.64. The second kappa shape index (κ2) is 10.2. The van der Waals surface area contributed by atoms with E-state index in [1.807, 2.05) is 6.07 Å². The van der Waals surface area contributed by atoms with Crippen molar-refractivity contribution >= 4 is 46.9 Å². The minimum Gasteiger partial charge on any atom is -0.492 e. The molecule has 0 aromatic heterocycles. The summed E-state index contributed by atoms with van der Waals surface area (Å²) < 4.78 is 5.90. The van der Waals surface area contributed by atoms with Gasteiger partial charge in [0.05, 0.1) is 18.2 Å². The number of para-hydroxylation sites is 1. The van der Waals surface area contributed by atoms with E-state index in [9.17, 15) is 19.8 Å². The third-order valence-corrected chi connectivity index (χ3v) is 9.10. The van der Waals surface area contributed by atoms with Crippen molar-refractivity contribution in [2.45, 2.75) is 55.3 Å². The number of fused-ring (bicyclic) bond motifs is 1. The first kappa shape index (κ1) is 29.3. The molecule has 0 saturated carbocycles. The Morgan fingerprint density at radius 1 is 1.14 bits per heavy atom. The molecule has 13 nitrogen and oxygen atoms in total. The summed E-state index contributed by atoms with van der Waals surface area (Å²) in [4.78, 5) is 36.8. The molecule has 1 spiro atoms. The molecule has 1 unspecified atom stereocenters. The van der Waals surface area contributed by atoms with Crippen LogP contribution in [0.1, 0.15) is 46.5 Å². The first-order chi connectivity index (χ1) is 20.2. The number of aliphatic imine (C=N–C) groups is 2. The highest BCUT2D eigenvalue weighted by Gasteiger charge is 2.73. The third-order valence-electron chi connectivity index (χ3n) is 8.67. The Bertz CT molecular complexity index is 1560. The van der Waals surface area contributed by atoms with Crippen LogP contribution >= 0.6 is 23.2 Å². The molecule has 0 bridgehead atoms. The van der Waals surface area contributed by atoms with Gasteiger partial charge in [0.15, 0.2) is 17.6 Å². The van der Waals surface area contributed by atoms with Crippen LogP contribution in [0.3, 0.4) is 0 Å². The normalized spacial score (nSPS) is 27.9. The number of amides is 2. The minimum absolute atomic E-state index is 0.0508. The number of guanidine groups is 2. The van der Waals surface area contributed by atoms with Crippen LogP contribution in [-0.2, 0) is 5.41 Å². The highest BCUT2D eigenvalue weighted by atomic mass is 35.5. The van der Waals surface area contributed by atoms with Gasteiger partial charge in [-0.25, -0.2) is 9.98 Å². The highest BCUT2D eigenvalue weighted by molar-refractivity contribution is 6.35. The maximum absolute atomic E-state index is 13.6. The predicted octanol–water partition coefficient (Wildman–Crippen LogP) is 0.258. The molecule has 4 atom stereocenters. The zero-order valence-corrected chi connectivity index (χ0v) is 24.9. The summed E-state index contributed by atoms with van der Waals surface area (Å²) in [5.41, 5.74) is 11.8. The summed E-state index contributed by atoms with van der Waals surface area (Å²) in [5, 5.41) is 32.5. The Labute approximate surface area is 257 Å². The zero-order valence-electron chi connectivity index (χ0n) is 23.4. The lowest BCUT2D eigenvalue weighted by atomic mass is 9.79. The Morgan fingerprint density at radius 2 is 1.86 bits per heavy atom. The molecule has 0 aliphatic carbocycles. The number of hydrogen-bond acceptors (Lipinski definition) is 11. The standard InChI is InChI=1S/C28H32Cl2N8O5/c1-26(2)6-7-43-20-16(4-3-5-17(20)26)23(40)35-19-12-38-25(32)34-18(21-27(38,28(19,41)42)37-24(31)36-21)11-33-22(39)13-8-14(29)10-15(30)9-13/h3-5,8-10,18-19,21,41-42H,6-7,11-12H2,1-2H3,(H2,32,34)(H,33,39)(H,35,40)(H3,31,36,37)/t18-,19?,21-,27-/m0/s1. The number of nitrogens with two attached hydrogens (primary N) is 2. The van der Waals surface area contributed by atoms with Gasteiger partial charge in [-0.2, -0.15) is 0 Å². The smallest absolute Gasteiger partial charge is 0.255 e. The average molecular weight is 632 g/mol. The molecule has 1 fully saturated rings. The van der Waals surface area contributed by atoms with Gasteiger partial charge in [-0.15, -0.1) is 0 Å². The Kier molecular flexibility index (Phi) is 6.92. The van der Waals surface area contributed by atoms with E-state index < -0.39 is 41.4 Å². The molecule has 228 valence electrons. The summed E-state index contributed by atoms with van der Waals surface area (Å²) in [7, 11) is 0. The fourth-order valence-electron chi connectivity index (χ4n) is 6.42. The molecule has 0 radical (unpaired) electrons. The largest absolute Gasteiger partial charge is 0.492 e. The van der Waals surface area contributed by atoms with Crippen molar-refractivity contribution in [2.24, 2.45) is 21.5 Å². The van der Waals surface area contributed by atoms with E-state index in [1.54, 1.807) is 12.1 Å². The fourth-order valence-corrected chi connectivity index (χ4v) is 6.95. The quantitative estimate of drug-likeness (QED) is 0.226. The molecule has 6 rings (SSSR count). The van der Waals surface area contributed by atoms with Gasteiger partial charge in [0, 0.05) is 34.3 Å². The Morgan fingerprint density at radius 3 is 2.58 bits per heavy atom. The maximum atomic E-state index is 13.6. The first-order valence-corrected chi connectivity index (χ1v) is 14.5. The molecule has 2 aromatic carbocycles. The molecular weight excluding hydrogens is 599 g/mol. The second-order valence-corrected chi connectivity index (χ2v) is 12.7. The van der Waals surface area contributed by atoms with Crippen LogP contribution in [0, 0.1) is 0 Å². The molecular formula is C28H32Cl2N8O5. The van der Waals surface area contributed by atoms with Crippen molar-refractivity contribution in [1.29, 1.82) is 0 Å². The van der Waals surface area contributed by atoms with E-state index in [0.29, 0.717) is 22.4 Å². The third kappa shape index (κ3) is 4.62. The SMILES string of the molecule is CC1(C)CCOc2c(C(=O)NC3CN4C(N)=N[C@@H](CNC(=O)c5cc(Cl)cc(Cl)c5)[C@@H]5N=C(N)N[C@@]54C3(O)O)cccc21. The number of halogens is 2. The number of nitrogens with zero attached hydrogens (tertiary/aromatic N) is 3. The predicted molar refractivity (Wildman–Crippen MR) is 160 cm³/mol. The Balaban J connectivity index is 1.26. The van der Waals surface area contributed by atoms with Crippen molar-refractivity contribution < 1.29 is 24.5 Å². The van der Waals surface area contributed by atoms with Crippen molar-refractivity contribution in [3.63, 3.8) is 0 Å². The van der Waals surface area contributed by atoms with Crippen LogP contribution in [-0.4, -0.2) is 88.1 Å². The highest BCUT2D eigenvalue weighted by Crippen LogP contribution is 2.45. The van der Waals surface area contributed by atoms with Gasteiger partial charge < -0.3 is 47.3 Å². The zero-order chi connectivity index (χ0) is 30.9. The van der Waals surface area contributed by atoms with Gasteiger partial charge in [0.25, 0.3) is 11.8 Å². The lowest BCUT2D eigenvalue weighted by Crippen LogP contribution is -2.78. The van der Waals surface area contributed by atoms with Crippen molar-refractivity contribution in [3.8, 4) is 5.75 Å². The molecule has 43 heavy (non-hydrogen) atoms. The van der Waals surface area contributed by atoms with E-state index in [0.717, 1.165) is 12.0 Å². The molecule has 2 aromatic rings. The first-order valence-electron chi connectivity index (χ1n) is 13.7. The van der Waals surface area contributed by atoms with Crippen molar-refractivity contribution in [2.75, 3.05) is 19.7 Å². The van der Waals surface area contributed by atoms with Gasteiger partial charge in [0.2, 0.25) is 5.79 Å². The summed E-state index contributed by atoms with van der Waals surface area (Å²) >= 11 is 12.1. The number of benzene rings is 2. The van der Waals surface area contributed by atoms with E-state index in [1.165, 1.54) is 23.1 Å². The summed E-state index contributed by atoms with van der Waals surface area (Å²) in [6.07, 6.45) is 0.795. The molecule has 1 saturated heterocycles. The average Bonchev–Trinajstić information content (AvgIpc) is 3.40. The van der Waals surface area contributed by atoms with E-state index in [4.69, 9.17) is 39.4 Å². The van der Waals surface area contributed by atoms with E-state index in [2.05, 4.69) is 39.8 Å². The molecule has 4 aliphatic rings. The van der Waals surface area contributed by atoms with Crippen LogP contribution in [0.15, 0.2) is 46.4 Å². The van der Waals surface area contributed by atoms with E-state index in [-0.39, 0.29) is 41.6 Å². The number of aliphatic hydroxyl groups is 2. The van der Waals surface area contributed by atoms with Gasteiger partial charge >= 0.3 is 0 Å². The van der Waals surface area contributed by atoms with Gasteiger partial charge in [-0.1, -0.05) is 49.2 Å². The van der Waals surface area contributed by atoms with Crippen molar-refractivity contribution in [1.82, 2.24) is 20.9 Å². The fraction of sp³-hybridized carbons (Fsp3) is 0.429. The summed E-state index contributed by atoms with van der Waals surface area (Å²) in [6, 6.07) is 6.65. The summed E-state index contributed by atoms with van der Waals surface area (Å²) in [6.45, 7) is 4.41. The van der Waals surface area contributed by atoms with Crippen LogP contribution in [0.2, 0.25) is 10.0 Å². The molecule has 4 aliphatic heterocycles. The molecule has 2 amide bonds. The van der Waals surface area contributed by atoms with Crippen LogP contribution in [0.5, 0.6) is 5.75 Å².